The number of piperazine rings is 1. The molecule has 0 aromatic carbocycles. The number of aromatic nitrogens is 3. The molecule has 0 atom stereocenters. The number of hydrogen-bond donors (Lipinski definition) is 0. The Bertz CT molecular complexity index is 1020. The third-order valence-electron chi connectivity index (χ3n) is 5.30. The second kappa shape index (κ2) is 7.19. The van der Waals surface area contributed by atoms with E-state index in [-0.39, 0.29) is 11.5 Å². The Kier molecular flexibility index (Phi) is 4.73. The molecule has 144 valence electrons. The van der Waals surface area contributed by atoms with Gasteiger partial charge in [-0.2, -0.15) is 5.10 Å². The van der Waals surface area contributed by atoms with E-state index in [0.717, 1.165) is 37.5 Å². The van der Waals surface area contributed by atoms with Gasteiger partial charge in [-0.15, -0.1) is 0 Å². The molecule has 0 N–H and O–H groups in total. The summed E-state index contributed by atoms with van der Waals surface area (Å²) in [6, 6.07) is 3.62. The van der Waals surface area contributed by atoms with E-state index >= 15 is 0 Å². The van der Waals surface area contributed by atoms with Crippen LogP contribution in [0.5, 0.6) is 0 Å². The van der Waals surface area contributed by atoms with E-state index in [0.29, 0.717) is 36.9 Å². The zero-order valence-corrected chi connectivity index (χ0v) is 15.8. The zero-order chi connectivity index (χ0) is 19.0. The maximum atomic E-state index is 12.8. The Morgan fingerprint density at radius 2 is 2.00 bits per heavy atom. The van der Waals surface area contributed by atoms with E-state index in [4.69, 9.17) is 4.42 Å². The Labute approximate surface area is 156 Å². The van der Waals surface area contributed by atoms with Gasteiger partial charge < -0.3 is 14.2 Å². The van der Waals surface area contributed by atoms with Gasteiger partial charge in [-0.25, -0.2) is 4.68 Å². The average Bonchev–Trinajstić information content (AvgIpc) is 3.26. The van der Waals surface area contributed by atoms with Crippen LogP contribution in [0.3, 0.4) is 0 Å². The van der Waals surface area contributed by atoms with E-state index in [9.17, 15) is 9.59 Å². The van der Waals surface area contributed by atoms with Crippen molar-refractivity contribution in [1.82, 2.24) is 24.0 Å². The number of nitrogens with zero attached hydrogens (tertiary/aromatic N) is 5. The lowest BCUT2D eigenvalue weighted by molar-refractivity contribution is -0.132. The molecule has 4 heterocycles. The van der Waals surface area contributed by atoms with Crippen LogP contribution < -0.4 is 5.56 Å². The number of aryl methyl sites for hydroxylation is 2. The minimum Gasteiger partial charge on any atom is -0.463 e. The molecule has 0 bridgehead atoms. The highest BCUT2D eigenvalue weighted by molar-refractivity contribution is 5.82. The molecule has 1 aliphatic heterocycles. The van der Waals surface area contributed by atoms with Crippen LogP contribution in [0.4, 0.5) is 0 Å². The van der Waals surface area contributed by atoms with Crippen molar-refractivity contribution in [3.63, 3.8) is 0 Å². The predicted octanol–water partition coefficient (Wildman–Crippen LogP) is 1.36. The lowest BCUT2D eigenvalue weighted by atomic mass is 10.2. The Hall–Kier alpha value is -2.61. The van der Waals surface area contributed by atoms with Gasteiger partial charge in [0.1, 0.15) is 11.3 Å². The molecule has 4 rings (SSSR count). The normalized spacial score (nSPS) is 15.9. The first-order valence-electron chi connectivity index (χ1n) is 9.53. The monoisotopic (exact) mass is 371 g/mol. The quantitative estimate of drug-likeness (QED) is 0.677. The van der Waals surface area contributed by atoms with Crippen LogP contribution in [0.15, 0.2) is 27.6 Å². The van der Waals surface area contributed by atoms with Gasteiger partial charge in [-0.05, 0) is 13.5 Å². The fourth-order valence-electron chi connectivity index (χ4n) is 3.70. The van der Waals surface area contributed by atoms with Crippen molar-refractivity contribution in [2.45, 2.75) is 32.7 Å². The second-order valence-electron chi connectivity index (χ2n) is 7.12. The second-order valence-corrected chi connectivity index (χ2v) is 7.12. The SMILES string of the molecule is CCc1nn(CCCC(=O)N2CCN(C)CC2)c(=O)c2cc3occc3n12. The molecule has 8 nitrogen and oxygen atoms in total. The van der Waals surface area contributed by atoms with Gasteiger partial charge in [0.2, 0.25) is 5.91 Å². The van der Waals surface area contributed by atoms with Crippen LogP contribution in [0.25, 0.3) is 16.6 Å². The molecule has 1 saturated heterocycles. The molecule has 0 unspecified atom stereocenters. The van der Waals surface area contributed by atoms with Crippen molar-refractivity contribution in [3.05, 3.63) is 34.6 Å². The lowest BCUT2D eigenvalue weighted by Gasteiger charge is -2.32. The fraction of sp³-hybridized carbons (Fsp3) is 0.526. The number of likely N-dealkylation sites (N-methyl/N-ethyl adjacent to an activating group) is 1. The summed E-state index contributed by atoms with van der Waals surface area (Å²) >= 11 is 0. The summed E-state index contributed by atoms with van der Waals surface area (Å²) in [6.07, 6.45) is 3.36. The van der Waals surface area contributed by atoms with Crippen molar-refractivity contribution in [1.29, 1.82) is 0 Å². The van der Waals surface area contributed by atoms with Gasteiger partial charge in [-0.1, -0.05) is 6.92 Å². The molecule has 0 radical (unpaired) electrons. The Balaban J connectivity index is 1.50. The van der Waals surface area contributed by atoms with Crippen LogP contribution in [-0.2, 0) is 17.8 Å². The van der Waals surface area contributed by atoms with Gasteiger partial charge in [0, 0.05) is 57.7 Å². The molecule has 27 heavy (non-hydrogen) atoms. The number of carbonyl (C=O) groups excluding carboxylic acids is 1. The first-order valence-corrected chi connectivity index (χ1v) is 9.53. The largest absolute Gasteiger partial charge is 0.463 e. The van der Waals surface area contributed by atoms with Crippen molar-refractivity contribution in [3.8, 4) is 0 Å². The van der Waals surface area contributed by atoms with Gasteiger partial charge in [0.15, 0.2) is 5.58 Å². The van der Waals surface area contributed by atoms with Gasteiger partial charge in [0.25, 0.3) is 5.56 Å². The van der Waals surface area contributed by atoms with Crippen molar-refractivity contribution < 1.29 is 9.21 Å². The first kappa shape index (κ1) is 17.8. The summed E-state index contributed by atoms with van der Waals surface area (Å²) in [7, 11) is 2.07. The standard InChI is InChI=1S/C19H25N5O3/c1-3-17-20-23(7-4-5-18(25)22-10-8-21(2)9-11-22)19(26)15-13-16-14(24(15)17)6-12-27-16/h6,12-13H,3-5,7-11H2,1-2H3. The van der Waals surface area contributed by atoms with E-state index in [1.54, 1.807) is 12.3 Å². The summed E-state index contributed by atoms with van der Waals surface area (Å²) in [6.45, 7) is 5.84. The highest BCUT2D eigenvalue weighted by atomic mass is 16.3. The third kappa shape index (κ3) is 3.25. The van der Waals surface area contributed by atoms with E-state index < -0.39 is 0 Å². The molecule has 1 fully saturated rings. The van der Waals surface area contributed by atoms with Crippen molar-refractivity contribution in [2.75, 3.05) is 33.2 Å². The minimum absolute atomic E-state index is 0.148. The van der Waals surface area contributed by atoms with Gasteiger partial charge in [-0.3, -0.25) is 14.0 Å². The van der Waals surface area contributed by atoms with Crippen LogP contribution in [0.1, 0.15) is 25.6 Å². The van der Waals surface area contributed by atoms with Crippen LogP contribution >= 0.6 is 0 Å². The minimum atomic E-state index is -0.148. The predicted molar refractivity (Wildman–Crippen MR) is 102 cm³/mol. The molecule has 1 amide bonds. The number of carbonyl (C=O) groups is 1. The third-order valence-corrected chi connectivity index (χ3v) is 5.30. The number of fused-ring (bicyclic) bond motifs is 3. The summed E-state index contributed by atoms with van der Waals surface area (Å²) in [5.41, 5.74) is 1.97. The summed E-state index contributed by atoms with van der Waals surface area (Å²) < 4.78 is 8.79. The first-order chi connectivity index (χ1) is 13.1. The number of amides is 1. The molecule has 0 spiro atoms. The Morgan fingerprint density at radius 1 is 1.22 bits per heavy atom. The number of furan rings is 1. The number of hydrogen-bond acceptors (Lipinski definition) is 5. The molecule has 0 aliphatic carbocycles. The topological polar surface area (TPSA) is 76.0 Å². The average molecular weight is 371 g/mol. The molecule has 1 aliphatic rings. The van der Waals surface area contributed by atoms with Crippen LogP contribution in [0, 0.1) is 0 Å². The van der Waals surface area contributed by atoms with Gasteiger partial charge in [0.05, 0.1) is 11.8 Å². The molecular weight excluding hydrogens is 346 g/mol. The van der Waals surface area contributed by atoms with Crippen molar-refractivity contribution >= 4 is 22.5 Å². The summed E-state index contributed by atoms with van der Waals surface area (Å²) in [5, 5.41) is 4.53. The molecule has 8 heteroatoms. The summed E-state index contributed by atoms with van der Waals surface area (Å²) in [5.74, 6) is 0.972. The number of rotatable bonds is 5. The highest BCUT2D eigenvalue weighted by Gasteiger charge is 2.19. The lowest BCUT2D eigenvalue weighted by Crippen LogP contribution is -2.47. The molecule has 3 aromatic rings. The van der Waals surface area contributed by atoms with E-state index in [1.165, 1.54) is 4.68 Å². The Morgan fingerprint density at radius 3 is 2.74 bits per heavy atom. The maximum Gasteiger partial charge on any atom is 0.291 e. The molecular formula is C19H25N5O3. The van der Waals surface area contributed by atoms with Crippen LogP contribution in [-0.4, -0.2) is 63.1 Å². The zero-order valence-electron chi connectivity index (χ0n) is 15.8. The summed E-state index contributed by atoms with van der Waals surface area (Å²) in [4.78, 5) is 29.3. The molecule has 3 aromatic heterocycles. The molecule has 0 saturated carbocycles. The van der Waals surface area contributed by atoms with Crippen LogP contribution in [0.2, 0.25) is 0 Å². The van der Waals surface area contributed by atoms with E-state index in [2.05, 4.69) is 17.0 Å². The fourth-order valence-corrected chi connectivity index (χ4v) is 3.70. The van der Waals surface area contributed by atoms with Crippen molar-refractivity contribution in [2.24, 2.45) is 0 Å². The smallest absolute Gasteiger partial charge is 0.291 e. The van der Waals surface area contributed by atoms with Gasteiger partial charge >= 0.3 is 0 Å². The van der Waals surface area contributed by atoms with E-state index in [1.807, 2.05) is 22.3 Å². The maximum absolute atomic E-state index is 12.8. The highest BCUT2D eigenvalue weighted by Crippen LogP contribution is 2.20.